The standard InChI is InChI=1S/C18H25F3N4O2/c1-3-22-17(25-10-8-24(9-11-25)14(2)26)23-12-15-4-6-16(7-5-15)27-13-18(19,20)21/h4-7H,3,8-13H2,1-2H3,(H,22,23). The zero-order chi connectivity index (χ0) is 19.9. The van der Waals surface area contributed by atoms with Crippen LogP contribution in [0.1, 0.15) is 19.4 Å². The van der Waals surface area contributed by atoms with E-state index in [-0.39, 0.29) is 11.7 Å². The van der Waals surface area contributed by atoms with Gasteiger partial charge in [-0.3, -0.25) is 4.79 Å². The van der Waals surface area contributed by atoms with E-state index in [4.69, 9.17) is 4.74 Å². The molecular weight excluding hydrogens is 361 g/mol. The average molecular weight is 386 g/mol. The molecule has 0 aromatic heterocycles. The summed E-state index contributed by atoms with van der Waals surface area (Å²) in [5.74, 6) is 1.01. The van der Waals surface area contributed by atoms with Gasteiger partial charge in [-0.15, -0.1) is 0 Å². The summed E-state index contributed by atoms with van der Waals surface area (Å²) in [6.07, 6.45) is -4.35. The number of hydrogen-bond donors (Lipinski definition) is 1. The first-order valence-corrected chi connectivity index (χ1v) is 8.85. The van der Waals surface area contributed by atoms with Gasteiger partial charge in [-0.25, -0.2) is 4.99 Å². The molecule has 0 bridgehead atoms. The number of guanidine groups is 1. The summed E-state index contributed by atoms with van der Waals surface area (Å²) in [7, 11) is 0. The molecule has 1 aromatic carbocycles. The summed E-state index contributed by atoms with van der Waals surface area (Å²) in [5.41, 5.74) is 0.868. The lowest BCUT2D eigenvalue weighted by Gasteiger charge is -2.36. The minimum Gasteiger partial charge on any atom is -0.484 e. The minimum absolute atomic E-state index is 0.0735. The van der Waals surface area contributed by atoms with Crippen molar-refractivity contribution in [3.05, 3.63) is 29.8 Å². The van der Waals surface area contributed by atoms with Crippen LogP contribution in [0, 0.1) is 0 Å². The number of hydrogen-bond acceptors (Lipinski definition) is 3. The number of carbonyl (C=O) groups excluding carboxylic acids is 1. The zero-order valence-corrected chi connectivity index (χ0v) is 15.6. The molecule has 1 amide bonds. The van der Waals surface area contributed by atoms with Crippen molar-refractivity contribution in [2.24, 2.45) is 4.99 Å². The fourth-order valence-electron chi connectivity index (χ4n) is 2.68. The van der Waals surface area contributed by atoms with Gasteiger partial charge in [0.2, 0.25) is 5.91 Å². The third kappa shape index (κ3) is 6.99. The van der Waals surface area contributed by atoms with E-state index in [0.717, 1.165) is 18.1 Å². The Morgan fingerprint density at radius 2 is 1.74 bits per heavy atom. The van der Waals surface area contributed by atoms with Crippen LogP contribution in [0.3, 0.4) is 0 Å². The van der Waals surface area contributed by atoms with Crippen LogP contribution in [-0.4, -0.2) is 67.2 Å². The number of aliphatic imine (C=N–C) groups is 1. The highest BCUT2D eigenvalue weighted by Gasteiger charge is 2.28. The molecule has 150 valence electrons. The largest absolute Gasteiger partial charge is 0.484 e. The molecule has 1 N–H and O–H groups in total. The molecule has 1 aliphatic heterocycles. The predicted molar refractivity (Wildman–Crippen MR) is 96.6 cm³/mol. The molecule has 1 heterocycles. The third-order valence-electron chi connectivity index (χ3n) is 4.10. The topological polar surface area (TPSA) is 57.2 Å². The van der Waals surface area contributed by atoms with Gasteiger partial charge < -0.3 is 19.9 Å². The minimum atomic E-state index is -4.35. The van der Waals surface area contributed by atoms with Gasteiger partial charge in [-0.1, -0.05) is 12.1 Å². The second-order valence-corrected chi connectivity index (χ2v) is 6.21. The van der Waals surface area contributed by atoms with Gasteiger partial charge in [0.15, 0.2) is 12.6 Å². The average Bonchev–Trinajstić information content (AvgIpc) is 2.64. The van der Waals surface area contributed by atoms with Gasteiger partial charge in [0, 0.05) is 39.6 Å². The maximum absolute atomic E-state index is 12.2. The van der Waals surface area contributed by atoms with Gasteiger partial charge >= 0.3 is 6.18 Å². The zero-order valence-electron chi connectivity index (χ0n) is 15.6. The second-order valence-electron chi connectivity index (χ2n) is 6.21. The number of halogens is 3. The monoisotopic (exact) mass is 386 g/mol. The summed E-state index contributed by atoms with van der Waals surface area (Å²) in [6.45, 7) is 6.08. The van der Waals surface area contributed by atoms with E-state index in [1.165, 1.54) is 12.1 Å². The quantitative estimate of drug-likeness (QED) is 0.623. The molecule has 0 spiro atoms. The van der Waals surface area contributed by atoms with Crippen molar-refractivity contribution in [1.82, 2.24) is 15.1 Å². The molecule has 1 aliphatic rings. The summed E-state index contributed by atoms with van der Waals surface area (Å²) in [6, 6.07) is 6.42. The van der Waals surface area contributed by atoms with Gasteiger partial charge in [0.1, 0.15) is 5.75 Å². The summed E-state index contributed by atoms with van der Waals surface area (Å²) < 4.78 is 41.2. The third-order valence-corrected chi connectivity index (χ3v) is 4.10. The number of carbonyl (C=O) groups is 1. The van der Waals surface area contributed by atoms with Crippen LogP contribution >= 0.6 is 0 Å². The van der Waals surface area contributed by atoms with Gasteiger partial charge in [-0.05, 0) is 24.6 Å². The lowest BCUT2D eigenvalue weighted by molar-refractivity contribution is -0.153. The van der Waals surface area contributed by atoms with Crippen LogP contribution in [-0.2, 0) is 11.3 Å². The van der Waals surface area contributed by atoms with Crippen LogP contribution in [0.4, 0.5) is 13.2 Å². The Balaban J connectivity index is 1.93. The first-order valence-electron chi connectivity index (χ1n) is 8.85. The molecule has 1 saturated heterocycles. The summed E-state index contributed by atoms with van der Waals surface area (Å²) in [4.78, 5) is 19.9. The van der Waals surface area contributed by atoms with Crippen LogP contribution in [0.15, 0.2) is 29.3 Å². The predicted octanol–water partition coefficient (Wildman–Crippen LogP) is 2.26. The van der Waals surface area contributed by atoms with Crippen molar-refractivity contribution >= 4 is 11.9 Å². The second kappa shape index (κ2) is 9.48. The van der Waals surface area contributed by atoms with Crippen LogP contribution in [0.2, 0.25) is 0 Å². The Kier molecular flexibility index (Phi) is 7.32. The lowest BCUT2D eigenvalue weighted by atomic mass is 10.2. The van der Waals surface area contributed by atoms with Gasteiger partial charge in [-0.2, -0.15) is 13.2 Å². The maximum atomic E-state index is 12.2. The Labute approximate surface area is 157 Å². The molecular formula is C18H25F3N4O2. The van der Waals surface area contributed by atoms with E-state index < -0.39 is 12.8 Å². The van der Waals surface area contributed by atoms with Crippen LogP contribution in [0.25, 0.3) is 0 Å². The highest BCUT2D eigenvalue weighted by atomic mass is 19.4. The van der Waals surface area contributed by atoms with Crippen molar-refractivity contribution in [2.45, 2.75) is 26.6 Å². The number of amides is 1. The molecule has 0 aliphatic carbocycles. The molecule has 1 fully saturated rings. The highest BCUT2D eigenvalue weighted by molar-refractivity contribution is 5.80. The number of rotatable bonds is 5. The first kappa shape index (κ1) is 20.9. The number of ether oxygens (including phenoxy) is 1. The van der Waals surface area contributed by atoms with Crippen molar-refractivity contribution in [1.29, 1.82) is 0 Å². The highest BCUT2D eigenvalue weighted by Crippen LogP contribution is 2.19. The van der Waals surface area contributed by atoms with E-state index in [0.29, 0.717) is 32.7 Å². The van der Waals surface area contributed by atoms with Crippen molar-refractivity contribution in [3.63, 3.8) is 0 Å². The molecule has 0 atom stereocenters. The Hall–Kier alpha value is -2.45. The maximum Gasteiger partial charge on any atom is 0.422 e. The number of piperazine rings is 1. The molecule has 1 aromatic rings. The van der Waals surface area contributed by atoms with Crippen molar-refractivity contribution in [2.75, 3.05) is 39.3 Å². The fourth-order valence-corrected chi connectivity index (χ4v) is 2.68. The van der Waals surface area contributed by atoms with E-state index in [2.05, 4.69) is 15.2 Å². The van der Waals surface area contributed by atoms with E-state index in [9.17, 15) is 18.0 Å². The molecule has 0 unspecified atom stereocenters. The molecule has 0 radical (unpaired) electrons. The Morgan fingerprint density at radius 1 is 1.15 bits per heavy atom. The summed E-state index contributed by atoms with van der Waals surface area (Å²) >= 11 is 0. The lowest BCUT2D eigenvalue weighted by Crippen LogP contribution is -2.53. The van der Waals surface area contributed by atoms with Crippen molar-refractivity contribution in [3.8, 4) is 5.75 Å². The number of nitrogens with one attached hydrogen (secondary N) is 1. The molecule has 27 heavy (non-hydrogen) atoms. The number of nitrogens with zero attached hydrogens (tertiary/aromatic N) is 3. The Morgan fingerprint density at radius 3 is 2.26 bits per heavy atom. The van der Waals surface area contributed by atoms with Gasteiger partial charge in [0.05, 0.1) is 6.54 Å². The molecule has 0 saturated carbocycles. The SMILES string of the molecule is CCNC(=NCc1ccc(OCC(F)(F)F)cc1)N1CCN(C(C)=O)CC1. The van der Waals surface area contributed by atoms with E-state index >= 15 is 0 Å². The number of benzene rings is 1. The van der Waals surface area contributed by atoms with Crippen LogP contribution in [0.5, 0.6) is 5.75 Å². The Bertz CT molecular complexity index is 639. The molecule has 9 heteroatoms. The number of alkyl halides is 3. The van der Waals surface area contributed by atoms with Crippen molar-refractivity contribution < 1.29 is 22.7 Å². The van der Waals surface area contributed by atoms with Crippen LogP contribution < -0.4 is 10.1 Å². The van der Waals surface area contributed by atoms with E-state index in [1.54, 1.807) is 24.0 Å². The van der Waals surface area contributed by atoms with E-state index in [1.807, 2.05) is 6.92 Å². The summed E-state index contributed by atoms with van der Waals surface area (Å²) in [5, 5.41) is 3.24. The molecule has 6 nitrogen and oxygen atoms in total. The smallest absolute Gasteiger partial charge is 0.422 e. The first-order chi connectivity index (χ1) is 12.8. The van der Waals surface area contributed by atoms with Gasteiger partial charge in [0.25, 0.3) is 0 Å². The normalized spacial score (nSPS) is 15.7. The fraction of sp³-hybridized carbons (Fsp3) is 0.556. The molecule has 2 rings (SSSR count).